The van der Waals surface area contributed by atoms with Gasteiger partial charge in [0.15, 0.2) is 9.76 Å². The number of rotatable bonds is 6. The van der Waals surface area contributed by atoms with Crippen LogP contribution in [0.15, 0.2) is 0 Å². The second-order valence-corrected chi connectivity index (χ2v) is 4.21. The maximum absolute atomic E-state index is 9.19. The Hall–Kier alpha value is 0.427. The van der Waals surface area contributed by atoms with E-state index in [2.05, 4.69) is 0 Å². The molecule has 0 saturated heterocycles. The molecule has 0 aliphatic rings. The molecule has 0 amide bonds. The molecule has 0 rings (SSSR count). The topological polar surface area (TPSA) is 29.5 Å². The highest BCUT2D eigenvalue weighted by Crippen LogP contribution is 1.97. The van der Waals surface area contributed by atoms with Crippen LogP contribution in [0.1, 0.15) is 19.8 Å². The monoisotopic (exact) mass is 182 g/mol. The number of alkyl halides is 1. The third-order valence-corrected chi connectivity index (χ3v) is 2.89. The van der Waals surface area contributed by atoms with E-state index in [4.69, 9.17) is 16.0 Å². The van der Waals surface area contributed by atoms with Crippen molar-refractivity contribution in [3.8, 4) is 0 Å². The molecule has 2 nitrogen and oxygen atoms in total. The molecule has 0 fully saturated rings. The molecule has 0 aliphatic carbocycles. The summed E-state index contributed by atoms with van der Waals surface area (Å²) < 4.78 is 5.14. The Morgan fingerprint density at radius 2 is 2.40 bits per heavy atom. The lowest BCUT2D eigenvalue weighted by atomic mass is 10.4. The zero-order chi connectivity index (χ0) is 7.82. The summed E-state index contributed by atoms with van der Waals surface area (Å²) in [5, 5.41) is 9.19. The van der Waals surface area contributed by atoms with Gasteiger partial charge in [-0.3, -0.25) is 0 Å². The summed E-state index contributed by atoms with van der Waals surface area (Å²) >= 11 is 5.44. The maximum atomic E-state index is 9.19. The normalized spacial score (nSPS) is 14.7. The lowest BCUT2D eigenvalue weighted by Crippen LogP contribution is -2.19. The van der Waals surface area contributed by atoms with Crippen LogP contribution in [0.2, 0.25) is 0 Å². The predicted octanol–water partition coefficient (Wildman–Crippen LogP) is 0.444. The molecule has 0 radical (unpaired) electrons. The van der Waals surface area contributed by atoms with E-state index >= 15 is 0 Å². The van der Waals surface area contributed by atoms with Gasteiger partial charge in [0.2, 0.25) is 0 Å². The summed E-state index contributed by atoms with van der Waals surface area (Å²) in [6.45, 7) is 2.67. The van der Waals surface area contributed by atoms with E-state index in [-0.39, 0.29) is 5.73 Å². The van der Waals surface area contributed by atoms with Crippen LogP contribution in [0.25, 0.3) is 0 Å². The number of aliphatic hydroxyl groups is 1. The molecule has 0 heterocycles. The smallest absolute Gasteiger partial charge is 0.190 e. The fourth-order valence-corrected chi connectivity index (χ4v) is 1.77. The molecule has 0 bridgehead atoms. The van der Waals surface area contributed by atoms with Crippen LogP contribution in [0, 0.1) is 0 Å². The molecule has 0 saturated carbocycles. The van der Waals surface area contributed by atoms with Crippen LogP contribution in [0.3, 0.4) is 0 Å². The molecule has 62 valence electrons. The molecule has 10 heavy (non-hydrogen) atoms. The summed E-state index contributed by atoms with van der Waals surface area (Å²) in [5.41, 5.74) is -0.196. The minimum Gasteiger partial charge on any atom is -0.422 e. The second-order valence-electron chi connectivity index (χ2n) is 2.14. The van der Waals surface area contributed by atoms with Gasteiger partial charge in [-0.2, -0.15) is 0 Å². The Labute approximate surface area is 69.5 Å². The fourth-order valence-electron chi connectivity index (χ4n) is 0.650. The van der Waals surface area contributed by atoms with Crippen molar-refractivity contribution >= 4 is 21.4 Å². The fraction of sp³-hybridized carbons (Fsp3) is 1.00. The van der Waals surface area contributed by atoms with Gasteiger partial charge in [0.25, 0.3) is 0 Å². The van der Waals surface area contributed by atoms with E-state index in [1.165, 1.54) is 0 Å². The lowest BCUT2D eigenvalue weighted by molar-refractivity contribution is 0.209. The Morgan fingerprint density at radius 3 is 2.90 bits per heavy atom. The van der Waals surface area contributed by atoms with Crippen molar-refractivity contribution in [2.75, 3.05) is 12.5 Å². The second kappa shape index (κ2) is 7.53. The third-order valence-electron chi connectivity index (χ3n) is 1.19. The Morgan fingerprint density at radius 1 is 1.70 bits per heavy atom. The van der Waals surface area contributed by atoms with Gasteiger partial charge >= 0.3 is 0 Å². The first kappa shape index (κ1) is 10.4. The van der Waals surface area contributed by atoms with E-state index in [0.717, 1.165) is 19.4 Å². The maximum Gasteiger partial charge on any atom is 0.190 e. The summed E-state index contributed by atoms with van der Waals surface area (Å²) in [6.07, 6.45) is 1.69. The van der Waals surface area contributed by atoms with Gasteiger partial charge in [0, 0.05) is 12.5 Å². The quantitative estimate of drug-likeness (QED) is 0.478. The number of hydrogen-bond acceptors (Lipinski definition) is 2. The molecule has 1 unspecified atom stereocenters. The Balaban J connectivity index is 3.00. The van der Waals surface area contributed by atoms with Gasteiger partial charge in [-0.15, -0.1) is 11.6 Å². The van der Waals surface area contributed by atoms with Crippen molar-refractivity contribution in [3.05, 3.63) is 0 Å². The van der Waals surface area contributed by atoms with Crippen LogP contribution in [-0.4, -0.2) is 33.1 Å². The zero-order valence-corrected chi connectivity index (χ0v) is 8.52. The molecule has 0 aromatic rings. The average Bonchev–Trinajstić information content (AvgIpc) is 1.97. The molecule has 1 N–H and O–H groups in total. The van der Waals surface area contributed by atoms with E-state index in [1.807, 2.05) is 6.92 Å². The van der Waals surface area contributed by atoms with Crippen molar-refractivity contribution in [2.45, 2.75) is 25.5 Å². The van der Waals surface area contributed by atoms with Crippen molar-refractivity contribution in [1.29, 1.82) is 0 Å². The van der Waals surface area contributed by atoms with Crippen LogP contribution >= 0.6 is 11.6 Å². The number of halogens is 1. The molecule has 1 atom stereocenters. The molecular formula is C6H15ClO2Si. The lowest BCUT2D eigenvalue weighted by Gasteiger charge is -2.07. The third kappa shape index (κ3) is 6.55. The van der Waals surface area contributed by atoms with E-state index in [0.29, 0.717) is 5.88 Å². The van der Waals surface area contributed by atoms with E-state index < -0.39 is 9.76 Å². The summed E-state index contributed by atoms with van der Waals surface area (Å²) in [4.78, 5) is 0. The Kier molecular flexibility index (Phi) is 7.85. The molecule has 0 aliphatic heterocycles. The van der Waals surface area contributed by atoms with Crippen molar-refractivity contribution in [2.24, 2.45) is 0 Å². The number of hydrogen-bond donors (Lipinski definition) is 1. The SMILES string of the molecule is CCO[SiH2]C(O)CCCCl. The first-order chi connectivity index (χ1) is 4.81. The number of aliphatic hydroxyl groups excluding tert-OH is 1. The highest BCUT2D eigenvalue weighted by atomic mass is 35.5. The molecule has 0 aromatic carbocycles. The van der Waals surface area contributed by atoms with Crippen LogP contribution in [0.5, 0.6) is 0 Å². The van der Waals surface area contributed by atoms with Crippen LogP contribution in [-0.2, 0) is 4.43 Å². The Bertz CT molecular complexity index is 64.8. The van der Waals surface area contributed by atoms with Crippen molar-refractivity contribution in [3.63, 3.8) is 0 Å². The summed E-state index contributed by atoms with van der Waals surface area (Å²) in [6, 6.07) is 0. The highest BCUT2D eigenvalue weighted by Gasteiger charge is 2.02. The molecular weight excluding hydrogens is 168 g/mol. The first-order valence-corrected chi connectivity index (χ1v) is 5.55. The summed E-state index contributed by atoms with van der Waals surface area (Å²) in [7, 11) is -0.688. The zero-order valence-electron chi connectivity index (χ0n) is 6.35. The van der Waals surface area contributed by atoms with Crippen molar-refractivity contribution in [1.82, 2.24) is 0 Å². The van der Waals surface area contributed by atoms with Gasteiger partial charge in [-0.1, -0.05) is 0 Å². The van der Waals surface area contributed by atoms with Gasteiger partial charge in [0.1, 0.15) is 0 Å². The van der Waals surface area contributed by atoms with Crippen LogP contribution < -0.4 is 0 Å². The molecule has 4 heteroatoms. The van der Waals surface area contributed by atoms with Crippen molar-refractivity contribution < 1.29 is 9.53 Å². The molecule has 0 aromatic heterocycles. The van der Waals surface area contributed by atoms with E-state index in [9.17, 15) is 5.11 Å². The average molecular weight is 183 g/mol. The minimum absolute atomic E-state index is 0.196. The first-order valence-electron chi connectivity index (χ1n) is 3.63. The van der Waals surface area contributed by atoms with Gasteiger partial charge in [0.05, 0.1) is 5.73 Å². The predicted molar refractivity (Wildman–Crippen MR) is 46.1 cm³/mol. The molecule has 0 spiro atoms. The van der Waals surface area contributed by atoms with Crippen LogP contribution in [0.4, 0.5) is 0 Å². The van der Waals surface area contributed by atoms with Gasteiger partial charge in [-0.05, 0) is 19.8 Å². The van der Waals surface area contributed by atoms with E-state index in [1.54, 1.807) is 0 Å². The summed E-state index contributed by atoms with van der Waals surface area (Å²) in [5.74, 6) is 0.636. The van der Waals surface area contributed by atoms with Gasteiger partial charge in [-0.25, -0.2) is 0 Å². The highest BCUT2D eigenvalue weighted by molar-refractivity contribution is 6.28. The minimum atomic E-state index is -0.688. The largest absolute Gasteiger partial charge is 0.422 e. The van der Waals surface area contributed by atoms with Gasteiger partial charge < -0.3 is 9.53 Å². The standard InChI is InChI=1S/C6H15ClO2Si/c1-2-9-10-6(8)4-3-5-7/h6,8H,2-5,10H2,1H3.